The molecule has 0 radical (unpaired) electrons. The van der Waals surface area contributed by atoms with Crippen molar-refractivity contribution in [3.63, 3.8) is 0 Å². The summed E-state index contributed by atoms with van der Waals surface area (Å²) >= 11 is 0. The van der Waals surface area contributed by atoms with Gasteiger partial charge in [-0.2, -0.15) is 0 Å². The van der Waals surface area contributed by atoms with Gasteiger partial charge < -0.3 is 19.5 Å². The molecule has 0 saturated carbocycles. The molecule has 2 rings (SSSR count). The van der Waals surface area contributed by atoms with Crippen molar-refractivity contribution in [3.8, 4) is 0 Å². The molecule has 2 fully saturated rings. The number of rotatable bonds is 6. The highest BCUT2D eigenvalue weighted by Crippen LogP contribution is 2.13. The van der Waals surface area contributed by atoms with Crippen LogP contribution in [0.25, 0.3) is 0 Å². The first-order valence-electron chi connectivity index (χ1n) is 7.95. The first-order valence-corrected chi connectivity index (χ1v) is 7.95. The van der Waals surface area contributed by atoms with Crippen LogP contribution >= 0.6 is 0 Å². The average Bonchev–Trinajstić information content (AvgIpc) is 2.41. The zero-order chi connectivity index (χ0) is 14.4. The van der Waals surface area contributed by atoms with Gasteiger partial charge in [-0.05, 0) is 20.8 Å². The predicted octanol–water partition coefficient (Wildman–Crippen LogP) is 0.879. The van der Waals surface area contributed by atoms with Gasteiger partial charge in [0.05, 0.1) is 38.1 Å². The van der Waals surface area contributed by atoms with Gasteiger partial charge in [-0.25, -0.2) is 0 Å². The number of nitrogens with one attached hydrogen (secondary N) is 1. The molecule has 5 heteroatoms. The highest BCUT2D eigenvalue weighted by molar-refractivity contribution is 4.78. The van der Waals surface area contributed by atoms with E-state index in [9.17, 15) is 0 Å². The van der Waals surface area contributed by atoms with Gasteiger partial charge in [-0.1, -0.05) is 0 Å². The minimum Gasteiger partial charge on any atom is -0.377 e. The van der Waals surface area contributed by atoms with E-state index >= 15 is 0 Å². The molecule has 0 aromatic heterocycles. The SMILES string of the molecule is CC(CC1OCCNC1C)OCCN1CCOC(C)C1. The maximum atomic E-state index is 5.94. The van der Waals surface area contributed by atoms with Crippen molar-refractivity contribution >= 4 is 0 Å². The Morgan fingerprint density at radius 2 is 2.15 bits per heavy atom. The van der Waals surface area contributed by atoms with Crippen molar-refractivity contribution in [2.45, 2.75) is 51.5 Å². The second kappa shape index (κ2) is 8.29. The normalized spacial score (nSPS) is 34.0. The van der Waals surface area contributed by atoms with Crippen LogP contribution in [-0.2, 0) is 14.2 Å². The number of ether oxygens (including phenoxy) is 3. The molecule has 0 aromatic carbocycles. The molecule has 1 N–H and O–H groups in total. The molecular formula is C15H30N2O3. The van der Waals surface area contributed by atoms with E-state index in [1.165, 1.54) is 0 Å². The molecule has 0 spiro atoms. The molecular weight excluding hydrogens is 256 g/mol. The summed E-state index contributed by atoms with van der Waals surface area (Å²) in [6.07, 6.45) is 1.85. The van der Waals surface area contributed by atoms with E-state index in [0.29, 0.717) is 12.1 Å². The van der Waals surface area contributed by atoms with Crippen LogP contribution in [-0.4, -0.2) is 75.3 Å². The van der Waals surface area contributed by atoms with Crippen LogP contribution in [0.4, 0.5) is 0 Å². The molecule has 2 saturated heterocycles. The van der Waals surface area contributed by atoms with E-state index < -0.39 is 0 Å². The Balaban J connectivity index is 1.58. The quantitative estimate of drug-likeness (QED) is 0.785. The summed E-state index contributed by atoms with van der Waals surface area (Å²) in [6, 6.07) is 0.426. The van der Waals surface area contributed by atoms with Crippen LogP contribution in [0.5, 0.6) is 0 Å². The largest absolute Gasteiger partial charge is 0.377 e. The fraction of sp³-hybridized carbons (Fsp3) is 1.00. The molecule has 0 amide bonds. The Labute approximate surface area is 122 Å². The molecule has 0 aliphatic carbocycles. The second-order valence-corrected chi connectivity index (χ2v) is 6.05. The Kier molecular flexibility index (Phi) is 6.71. The molecule has 4 unspecified atom stereocenters. The fourth-order valence-corrected chi connectivity index (χ4v) is 2.92. The standard InChI is InChI=1S/C15H30N2O3/c1-12(10-15-14(3)16-4-7-20-15)18-8-5-17-6-9-19-13(2)11-17/h12-16H,4-11H2,1-3H3. The van der Waals surface area contributed by atoms with E-state index in [-0.39, 0.29) is 12.2 Å². The number of morpholine rings is 2. The predicted molar refractivity (Wildman–Crippen MR) is 79.1 cm³/mol. The molecule has 0 aromatic rings. The van der Waals surface area contributed by atoms with Gasteiger partial charge in [0, 0.05) is 38.6 Å². The number of nitrogens with zero attached hydrogens (tertiary/aromatic N) is 1. The summed E-state index contributed by atoms with van der Waals surface area (Å²) in [4.78, 5) is 2.42. The topological polar surface area (TPSA) is 43.0 Å². The smallest absolute Gasteiger partial charge is 0.0750 e. The second-order valence-electron chi connectivity index (χ2n) is 6.05. The monoisotopic (exact) mass is 286 g/mol. The summed E-state index contributed by atoms with van der Waals surface area (Å²) in [5.41, 5.74) is 0. The van der Waals surface area contributed by atoms with Gasteiger partial charge in [0.15, 0.2) is 0 Å². The van der Waals surface area contributed by atoms with Gasteiger partial charge in [-0.15, -0.1) is 0 Å². The summed E-state index contributed by atoms with van der Waals surface area (Å²) < 4.78 is 17.3. The lowest BCUT2D eigenvalue weighted by Gasteiger charge is -2.33. The molecule has 4 atom stereocenters. The minimum atomic E-state index is 0.251. The molecule has 5 nitrogen and oxygen atoms in total. The van der Waals surface area contributed by atoms with Crippen LogP contribution in [0.3, 0.4) is 0 Å². The molecule has 0 bridgehead atoms. The Morgan fingerprint density at radius 3 is 2.90 bits per heavy atom. The van der Waals surface area contributed by atoms with Crippen LogP contribution < -0.4 is 5.32 Å². The van der Waals surface area contributed by atoms with Crippen molar-refractivity contribution in [1.82, 2.24) is 10.2 Å². The lowest BCUT2D eigenvalue weighted by Crippen LogP contribution is -2.47. The average molecular weight is 286 g/mol. The fourth-order valence-electron chi connectivity index (χ4n) is 2.92. The third-order valence-corrected chi connectivity index (χ3v) is 4.16. The van der Waals surface area contributed by atoms with E-state index in [1.807, 2.05) is 0 Å². The van der Waals surface area contributed by atoms with E-state index in [4.69, 9.17) is 14.2 Å². The van der Waals surface area contributed by atoms with Gasteiger partial charge >= 0.3 is 0 Å². The maximum absolute atomic E-state index is 5.94. The minimum absolute atomic E-state index is 0.251. The third-order valence-electron chi connectivity index (χ3n) is 4.16. The number of hydrogen-bond acceptors (Lipinski definition) is 5. The highest BCUT2D eigenvalue weighted by atomic mass is 16.5. The van der Waals surface area contributed by atoms with Gasteiger partial charge in [-0.3, -0.25) is 4.90 Å². The summed E-state index contributed by atoms with van der Waals surface area (Å²) in [5, 5.41) is 3.45. The molecule has 2 aliphatic rings. The zero-order valence-electron chi connectivity index (χ0n) is 13.1. The first-order chi connectivity index (χ1) is 9.65. The van der Waals surface area contributed by atoms with Crippen LogP contribution in [0.15, 0.2) is 0 Å². The van der Waals surface area contributed by atoms with E-state index in [2.05, 4.69) is 31.0 Å². The van der Waals surface area contributed by atoms with Crippen molar-refractivity contribution in [1.29, 1.82) is 0 Å². The molecule has 2 aliphatic heterocycles. The van der Waals surface area contributed by atoms with Crippen molar-refractivity contribution in [3.05, 3.63) is 0 Å². The number of hydrogen-bond donors (Lipinski definition) is 1. The van der Waals surface area contributed by atoms with E-state index in [0.717, 1.165) is 52.4 Å². The third kappa shape index (κ3) is 5.30. The zero-order valence-corrected chi connectivity index (χ0v) is 13.1. The Hall–Kier alpha value is -0.200. The summed E-state index contributed by atoms with van der Waals surface area (Å²) in [5.74, 6) is 0. The summed E-state index contributed by atoms with van der Waals surface area (Å²) in [7, 11) is 0. The lowest BCUT2D eigenvalue weighted by molar-refractivity contribution is -0.0542. The van der Waals surface area contributed by atoms with E-state index in [1.54, 1.807) is 0 Å². The molecule has 2 heterocycles. The molecule has 20 heavy (non-hydrogen) atoms. The van der Waals surface area contributed by atoms with Gasteiger partial charge in [0.25, 0.3) is 0 Å². The summed E-state index contributed by atoms with van der Waals surface area (Å²) in [6.45, 7) is 12.9. The maximum Gasteiger partial charge on any atom is 0.0750 e. The van der Waals surface area contributed by atoms with Crippen molar-refractivity contribution < 1.29 is 14.2 Å². The van der Waals surface area contributed by atoms with Crippen molar-refractivity contribution in [2.75, 3.05) is 46.0 Å². The van der Waals surface area contributed by atoms with Crippen LogP contribution in [0.1, 0.15) is 27.2 Å². The van der Waals surface area contributed by atoms with Crippen molar-refractivity contribution in [2.24, 2.45) is 0 Å². The first kappa shape index (κ1) is 16.2. The van der Waals surface area contributed by atoms with Gasteiger partial charge in [0.1, 0.15) is 0 Å². The van der Waals surface area contributed by atoms with Crippen LogP contribution in [0.2, 0.25) is 0 Å². The molecule has 118 valence electrons. The Morgan fingerprint density at radius 1 is 1.30 bits per heavy atom. The van der Waals surface area contributed by atoms with Gasteiger partial charge in [0.2, 0.25) is 0 Å². The Bertz CT molecular complexity index is 278. The highest BCUT2D eigenvalue weighted by Gasteiger charge is 2.24. The lowest BCUT2D eigenvalue weighted by atomic mass is 10.1. The van der Waals surface area contributed by atoms with Crippen LogP contribution in [0, 0.1) is 0 Å².